The minimum atomic E-state index is -0.250. The standard InChI is InChI=1S/C28H25N5O2/c1-18-26(27(23-10-5-7-15-29-23)33-25-12-6-8-16-30-25)21-17-19(13-14-22(21)31-18)32-28(34)20-9-3-4-11-24(20)35-2/h3-17,27,31H,1-2H3,(H,30,33)(H,32,34). The normalized spacial score (nSPS) is 11.7. The fourth-order valence-electron chi connectivity index (χ4n) is 4.26. The number of aromatic nitrogens is 3. The van der Waals surface area contributed by atoms with Gasteiger partial charge in [-0.25, -0.2) is 4.98 Å². The number of para-hydroxylation sites is 1. The second-order valence-corrected chi connectivity index (χ2v) is 8.13. The number of nitrogens with zero attached hydrogens (tertiary/aromatic N) is 2. The van der Waals surface area contributed by atoms with Crippen LogP contribution in [-0.4, -0.2) is 28.0 Å². The highest BCUT2D eigenvalue weighted by atomic mass is 16.5. The summed E-state index contributed by atoms with van der Waals surface area (Å²) in [5.74, 6) is 1.04. The lowest BCUT2D eigenvalue weighted by molar-refractivity contribution is 0.102. The molecule has 0 radical (unpaired) electrons. The summed E-state index contributed by atoms with van der Waals surface area (Å²) in [6.07, 6.45) is 3.54. The number of carbonyl (C=O) groups excluding carboxylic acids is 1. The molecule has 3 aromatic heterocycles. The second-order valence-electron chi connectivity index (χ2n) is 8.13. The number of hydrogen-bond acceptors (Lipinski definition) is 5. The minimum Gasteiger partial charge on any atom is -0.496 e. The fraction of sp³-hybridized carbons (Fsp3) is 0.107. The summed E-state index contributed by atoms with van der Waals surface area (Å²) in [6.45, 7) is 2.04. The van der Waals surface area contributed by atoms with Crippen LogP contribution in [0.1, 0.15) is 33.4 Å². The van der Waals surface area contributed by atoms with Crippen molar-refractivity contribution in [1.29, 1.82) is 0 Å². The van der Waals surface area contributed by atoms with E-state index in [1.54, 1.807) is 31.6 Å². The largest absolute Gasteiger partial charge is 0.496 e. The van der Waals surface area contributed by atoms with Gasteiger partial charge >= 0.3 is 0 Å². The van der Waals surface area contributed by atoms with E-state index in [0.29, 0.717) is 17.0 Å². The smallest absolute Gasteiger partial charge is 0.259 e. The maximum absolute atomic E-state index is 13.0. The molecule has 0 bridgehead atoms. The second kappa shape index (κ2) is 9.69. The van der Waals surface area contributed by atoms with Crippen molar-refractivity contribution >= 4 is 28.3 Å². The van der Waals surface area contributed by atoms with Crippen LogP contribution in [0.15, 0.2) is 91.3 Å². The zero-order valence-electron chi connectivity index (χ0n) is 19.4. The number of hydrogen-bond donors (Lipinski definition) is 3. The highest BCUT2D eigenvalue weighted by molar-refractivity contribution is 6.07. The predicted octanol–water partition coefficient (Wildman–Crippen LogP) is 5.73. The quantitative estimate of drug-likeness (QED) is 0.287. The Morgan fingerprint density at radius 3 is 2.46 bits per heavy atom. The van der Waals surface area contributed by atoms with E-state index in [2.05, 4.69) is 25.6 Å². The molecule has 0 aliphatic heterocycles. The number of benzene rings is 2. The lowest BCUT2D eigenvalue weighted by Crippen LogP contribution is -2.15. The zero-order chi connectivity index (χ0) is 24.2. The van der Waals surface area contributed by atoms with E-state index in [4.69, 9.17) is 4.74 Å². The van der Waals surface area contributed by atoms with Gasteiger partial charge in [-0.1, -0.05) is 24.3 Å². The minimum absolute atomic E-state index is 0.233. The van der Waals surface area contributed by atoms with Crippen LogP contribution in [0.5, 0.6) is 5.75 Å². The van der Waals surface area contributed by atoms with E-state index in [1.807, 2.05) is 73.7 Å². The van der Waals surface area contributed by atoms with E-state index < -0.39 is 0 Å². The molecule has 7 heteroatoms. The molecular weight excluding hydrogens is 438 g/mol. The number of H-pyrrole nitrogens is 1. The Kier molecular flexibility index (Phi) is 6.13. The number of pyridine rings is 2. The summed E-state index contributed by atoms with van der Waals surface area (Å²) in [7, 11) is 1.55. The number of amides is 1. The fourth-order valence-corrected chi connectivity index (χ4v) is 4.26. The zero-order valence-corrected chi connectivity index (χ0v) is 19.4. The molecule has 1 amide bonds. The lowest BCUT2D eigenvalue weighted by Gasteiger charge is -2.20. The third-order valence-corrected chi connectivity index (χ3v) is 5.87. The van der Waals surface area contributed by atoms with Crippen molar-refractivity contribution in [1.82, 2.24) is 15.0 Å². The van der Waals surface area contributed by atoms with E-state index in [9.17, 15) is 4.79 Å². The van der Waals surface area contributed by atoms with Gasteiger partial charge in [-0.3, -0.25) is 9.78 Å². The molecule has 35 heavy (non-hydrogen) atoms. The van der Waals surface area contributed by atoms with E-state index in [0.717, 1.165) is 33.7 Å². The Morgan fingerprint density at radius 2 is 1.71 bits per heavy atom. The first-order chi connectivity index (χ1) is 17.1. The molecule has 2 aromatic carbocycles. The Labute approximate surface area is 203 Å². The molecule has 0 fully saturated rings. The van der Waals surface area contributed by atoms with E-state index >= 15 is 0 Å². The van der Waals surface area contributed by atoms with E-state index in [-0.39, 0.29) is 11.9 Å². The summed E-state index contributed by atoms with van der Waals surface area (Å²) < 4.78 is 5.35. The molecule has 3 heterocycles. The Bertz CT molecular complexity index is 1470. The molecule has 0 aliphatic carbocycles. The van der Waals surface area contributed by atoms with Gasteiger partial charge in [0.2, 0.25) is 0 Å². The van der Waals surface area contributed by atoms with Gasteiger partial charge in [0, 0.05) is 40.2 Å². The molecule has 174 valence electrons. The van der Waals surface area contributed by atoms with Crippen molar-refractivity contribution in [3.05, 3.63) is 114 Å². The average molecular weight is 464 g/mol. The van der Waals surface area contributed by atoms with Crippen LogP contribution in [0.25, 0.3) is 10.9 Å². The predicted molar refractivity (Wildman–Crippen MR) is 138 cm³/mol. The van der Waals surface area contributed by atoms with Crippen molar-refractivity contribution in [2.24, 2.45) is 0 Å². The highest BCUT2D eigenvalue weighted by Crippen LogP contribution is 2.35. The molecule has 3 N–H and O–H groups in total. The summed E-state index contributed by atoms with van der Waals surface area (Å²) >= 11 is 0. The molecule has 0 spiro atoms. The molecule has 0 saturated heterocycles. The maximum Gasteiger partial charge on any atom is 0.259 e. The van der Waals surface area contributed by atoms with Crippen molar-refractivity contribution in [2.75, 3.05) is 17.7 Å². The number of rotatable bonds is 7. The lowest BCUT2D eigenvalue weighted by atomic mass is 9.99. The number of carbonyl (C=O) groups is 1. The van der Waals surface area contributed by atoms with Crippen LogP contribution in [0.3, 0.4) is 0 Å². The number of anilines is 2. The number of aromatic amines is 1. The van der Waals surface area contributed by atoms with Crippen molar-refractivity contribution < 1.29 is 9.53 Å². The van der Waals surface area contributed by atoms with Gasteiger partial charge in [-0.2, -0.15) is 0 Å². The number of ether oxygens (including phenoxy) is 1. The Hall–Kier alpha value is -4.65. The summed E-state index contributed by atoms with van der Waals surface area (Å²) in [6, 6.07) is 24.4. The SMILES string of the molecule is COc1ccccc1C(=O)Nc1ccc2[nH]c(C)c(C(Nc3ccccn3)c3ccccn3)c2c1. The summed E-state index contributed by atoms with van der Waals surface area (Å²) in [4.78, 5) is 25.5. The summed E-state index contributed by atoms with van der Waals surface area (Å²) in [5.41, 5.74) is 5.04. The van der Waals surface area contributed by atoms with Crippen LogP contribution < -0.4 is 15.4 Å². The first kappa shape index (κ1) is 22.2. The highest BCUT2D eigenvalue weighted by Gasteiger charge is 2.23. The van der Waals surface area contributed by atoms with Crippen LogP contribution >= 0.6 is 0 Å². The molecule has 5 rings (SSSR count). The van der Waals surface area contributed by atoms with Crippen LogP contribution in [0, 0.1) is 6.92 Å². The van der Waals surface area contributed by atoms with Gasteiger partial charge in [0.25, 0.3) is 5.91 Å². The van der Waals surface area contributed by atoms with Gasteiger partial charge in [-0.15, -0.1) is 0 Å². The summed E-state index contributed by atoms with van der Waals surface area (Å²) in [5, 5.41) is 7.53. The first-order valence-corrected chi connectivity index (χ1v) is 11.3. The monoisotopic (exact) mass is 463 g/mol. The van der Waals surface area contributed by atoms with Gasteiger partial charge in [-0.05, 0) is 61.5 Å². The third-order valence-electron chi connectivity index (χ3n) is 5.87. The van der Waals surface area contributed by atoms with Crippen molar-refractivity contribution in [2.45, 2.75) is 13.0 Å². The van der Waals surface area contributed by atoms with Gasteiger partial charge < -0.3 is 20.4 Å². The van der Waals surface area contributed by atoms with Gasteiger partial charge in [0.05, 0.1) is 24.4 Å². The van der Waals surface area contributed by atoms with Crippen LogP contribution in [0.4, 0.5) is 11.5 Å². The van der Waals surface area contributed by atoms with E-state index in [1.165, 1.54) is 0 Å². The van der Waals surface area contributed by atoms with Crippen molar-refractivity contribution in [3.8, 4) is 5.75 Å². The van der Waals surface area contributed by atoms with Gasteiger partial charge in [0.15, 0.2) is 0 Å². The first-order valence-electron chi connectivity index (χ1n) is 11.3. The molecule has 1 atom stereocenters. The molecule has 7 nitrogen and oxygen atoms in total. The Balaban J connectivity index is 1.55. The maximum atomic E-state index is 13.0. The molecule has 0 saturated carbocycles. The number of fused-ring (bicyclic) bond motifs is 1. The number of nitrogens with one attached hydrogen (secondary N) is 3. The molecule has 5 aromatic rings. The molecule has 0 aliphatic rings. The topological polar surface area (TPSA) is 91.9 Å². The number of aryl methyl sites for hydroxylation is 1. The van der Waals surface area contributed by atoms with Gasteiger partial charge in [0.1, 0.15) is 11.6 Å². The van der Waals surface area contributed by atoms with Crippen molar-refractivity contribution in [3.63, 3.8) is 0 Å². The average Bonchev–Trinajstić information content (AvgIpc) is 3.23. The van der Waals surface area contributed by atoms with Crippen LogP contribution in [-0.2, 0) is 0 Å². The molecular formula is C28H25N5O2. The number of methoxy groups -OCH3 is 1. The van der Waals surface area contributed by atoms with Crippen LogP contribution in [0.2, 0.25) is 0 Å². The third kappa shape index (κ3) is 4.56. The molecule has 1 unspecified atom stereocenters. The Morgan fingerprint density at radius 1 is 0.943 bits per heavy atom.